The number of ether oxygens (including phenoxy) is 1. The van der Waals surface area contributed by atoms with Gasteiger partial charge in [0.2, 0.25) is 5.82 Å². The summed E-state index contributed by atoms with van der Waals surface area (Å²) < 4.78 is 5.27. The Bertz CT molecular complexity index is 353. The molecule has 0 N–H and O–H groups in total. The zero-order valence-corrected chi connectivity index (χ0v) is 7.81. The van der Waals surface area contributed by atoms with Gasteiger partial charge < -0.3 is 4.74 Å². The molecule has 1 aromatic heterocycles. The standard InChI is InChI=1S/C10H11N3O/c11-7-10-12-4-1-9(13-10)8-2-5-14-6-3-8/h1,4,8H,2-3,5-6H2. The molecule has 0 aromatic carbocycles. The summed E-state index contributed by atoms with van der Waals surface area (Å²) in [6, 6.07) is 3.84. The SMILES string of the molecule is N#Cc1nccc(C2CCOCC2)n1. The number of aromatic nitrogens is 2. The van der Waals surface area contributed by atoms with E-state index in [1.165, 1.54) is 0 Å². The topological polar surface area (TPSA) is 58.8 Å². The van der Waals surface area contributed by atoms with Crippen LogP contribution in [0.15, 0.2) is 12.3 Å². The van der Waals surface area contributed by atoms with E-state index in [4.69, 9.17) is 10.00 Å². The van der Waals surface area contributed by atoms with Crippen molar-refractivity contribution < 1.29 is 4.74 Å². The van der Waals surface area contributed by atoms with Crippen LogP contribution >= 0.6 is 0 Å². The molecule has 0 radical (unpaired) electrons. The van der Waals surface area contributed by atoms with Crippen LogP contribution in [0.4, 0.5) is 0 Å². The van der Waals surface area contributed by atoms with Gasteiger partial charge in [-0.1, -0.05) is 0 Å². The van der Waals surface area contributed by atoms with Gasteiger partial charge in [0.15, 0.2) is 0 Å². The Hall–Kier alpha value is -1.47. The fourth-order valence-corrected chi connectivity index (χ4v) is 1.65. The molecular formula is C10H11N3O. The lowest BCUT2D eigenvalue weighted by molar-refractivity contribution is 0.0844. The van der Waals surface area contributed by atoms with Crippen molar-refractivity contribution >= 4 is 0 Å². The van der Waals surface area contributed by atoms with Crippen LogP contribution in [0.1, 0.15) is 30.3 Å². The highest BCUT2D eigenvalue weighted by Gasteiger charge is 2.17. The Morgan fingerprint density at radius 1 is 1.43 bits per heavy atom. The van der Waals surface area contributed by atoms with Gasteiger partial charge in [-0.25, -0.2) is 9.97 Å². The molecule has 0 unspecified atom stereocenters. The molecule has 0 amide bonds. The molecule has 14 heavy (non-hydrogen) atoms. The summed E-state index contributed by atoms with van der Waals surface area (Å²) in [6.45, 7) is 1.58. The summed E-state index contributed by atoms with van der Waals surface area (Å²) in [5.74, 6) is 0.688. The highest BCUT2D eigenvalue weighted by atomic mass is 16.5. The van der Waals surface area contributed by atoms with E-state index < -0.39 is 0 Å². The minimum atomic E-state index is 0.258. The maximum absolute atomic E-state index is 8.66. The molecular weight excluding hydrogens is 178 g/mol. The van der Waals surface area contributed by atoms with Crippen molar-refractivity contribution in [1.29, 1.82) is 5.26 Å². The first-order valence-electron chi connectivity index (χ1n) is 4.71. The van der Waals surface area contributed by atoms with E-state index in [2.05, 4.69) is 9.97 Å². The van der Waals surface area contributed by atoms with Crippen LogP contribution in [0.5, 0.6) is 0 Å². The molecule has 1 saturated heterocycles. The maximum atomic E-state index is 8.66. The number of hydrogen-bond donors (Lipinski definition) is 0. The molecule has 0 bridgehead atoms. The van der Waals surface area contributed by atoms with Crippen LogP contribution in [-0.2, 0) is 4.74 Å². The Labute approximate surface area is 82.6 Å². The monoisotopic (exact) mass is 189 g/mol. The van der Waals surface area contributed by atoms with Crippen molar-refractivity contribution in [2.45, 2.75) is 18.8 Å². The van der Waals surface area contributed by atoms with E-state index in [0.717, 1.165) is 31.7 Å². The number of nitriles is 1. The first-order chi connectivity index (χ1) is 6.90. The van der Waals surface area contributed by atoms with Crippen molar-refractivity contribution in [3.8, 4) is 6.07 Å². The van der Waals surface area contributed by atoms with E-state index >= 15 is 0 Å². The first kappa shape index (κ1) is 9.10. The predicted molar refractivity (Wildman–Crippen MR) is 49.5 cm³/mol. The zero-order valence-electron chi connectivity index (χ0n) is 7.81. The van der Waals surface area contributed by atoms with Crippen molar-refractivity contribution in [1.82, 2.24) is 9.97 Å². The molecule has 0 spiro atoms. The van der Waals surface area contributed by atoms with Crippen molar-refractivity contribution in [3.05, 3.63) is 23.8 Å². The summed E-state index contributed by atoms with van der Waals surface area (Å²) >= 11 is 0. The Morgan fingerprint density at radius 3 is 2.93 bits per heavy atom. The molecule has 1 aromatic rings. The molecule has 0 aliphatic carbocycles. The van der Waals surface area contributed by atoms with Crippen molar-refractivity contribution in [2.24, 2.45) is 0 Å². The van der Waals surface area contributed by atoms with E-state index in [9.17, 15) is 0 Å². The molecule has 0 saturated carbocycles. The van der Waals surface area contributed by atoms with Crippen LogP contribution < -0.4 is 0 Å². The molecule has 1 aliphatic heterocycles. The summed E-state index contributed by atoms with van der Waals surface area (Å²) in [7, 11) is 0. The van der Waals surface area contributed by atoms with E-state index in [1.807, 2.05) is 12.1 Å². The van der Waals surface area contributed by atoms with Gasteiger partial charge in [-0.15, -0.1) is 0 Å². The van der Waals surface area contributed by atoms with E-state index in [0.29, 0.717) is 5.92 Å². The lowest BCUT2D eigenvalue weighted by Crippen LogP contribution is -2.15. The smallest absolute Gasteiger partial charge is 0.232 e. The molecule has 0 atom stereocenters. The minimum absolute atomic E-state index is 0.258. The predicted octanol–water partition coefficient (Wildman–Crippen LogP) is 1.24. The van der Waals surface area contributed by atoms with Crippen LogP contribution in [-0.4, -0.2) is 23.2 Å². The Kier molecular flexibility index (Phi) is 2.70. The quantitative estimate of drug-likeness (QED) is 0.667. The minimum Gasteiger partial charge on any atom is -0.381 e. The molecule has 4 heteroatoms. The van der Waals surface area contributed by atoms with Crippen molar-refractivity contribution in [3.63, 3.8) is 0 Å². The highest BCUT2D eigenvalue weighted by Crippen LogP contribution is 2.24. The first-order valence-corrected chi connectivity index (χ1v) is 4.71. The van der Waals surface area contributed by atoms with Gasteiger partial charge in [0.05, 0.1) is 0 Å². The molecule has 1 aliphatic rings. The van der Waals surface area contributed by atoms with Gasteiger partial charge in [0.25, 0.3) is 0 Å². The average Bonchev–Trinajstić information content (AvgIpc) is 2.30. The fourth-order valence-electron chi connectivity index (χ4n) is 1.65. The van der Waals surface area contributed by atoms with Gasteiger partial charge in [-0.2, -0.15) is 5.26 Å². The fraction of sp³-hybridized carbons (Fsp3) is 0.500. The second kappa shape index (κ2) is 4.16. The Balaban J connectivity index is 2.18. The lowest BCUT2D eigenvalue weighted by Gasteiger charge is -2.21. The molecule has 1 fully saturated rings. The number of hydrogen-bond acceptors (Lipinski definition) is 4. The van der Waals surface area contributed by atoms with Gasteiger partial charge >= 0.3 is 0 Å². The van der Waals surface area contributed by atoms with Gasteiger partial charge in [0.1, 0.15) is 6.07 Å². The molecule has 2 heterocycles. The van der Waals surface area contributed by atoms with Crippen LogP contribution in [0.3, 0.4) is 0 Å². The second-order valence-corrected chi connectivity index (χ2v) is 3.30. The van der Waals surface area contributed by atoms with Gasteiger partial charge in [-0.05, 0) is 18.9 Å². The third-order valence-corrected chi connectivity index (χ3v) is 2.42. The summed E-state index contributed by atoms with van der Waals surface area (Å²) in [5, 5.41) is 8.66. The van der Waals surface area contributed by atoms with Crippen LogP contribution in [0.25, 0.3) is 0 Å². The van der Waals surface area contributed by atoms with Gasteiger partial charge in [-0.3, -0.25) is 0 Å². The summed E-state index contributed by atoms with van der Waals surface area (Å²) in [5.41, 5.74) is 0.972. The molecule has 72 valence electrons. The van der Waals surface area contributed by atoms with Crippen LogP contribution in [0.2, 0.25) is 0 Å². The summed E-state index contributed by atoms with van der Waals surface area (Å²) in [6.07, 6.45) is 3.63. The zero-order chi connectivity index (χ0) is 9.80. The molecule has 2 rings (SSSR count). The number of nitrogens with zero attached hydrogens (tertiary/aromatic N) is 3. The third-order valence-electron chi connectivity index (χ3n) is 2.42. The lowest BCUT2D eigenvalue weighted by atomic mass is 9.96. The summed E-state index contributed by atoms with van der Waals surface area (Å²) in [4.78, 5) is 8.04. The van der Waals surface area contributed by atoms with E-state index in [1.54, 1.807) is 6.20 Å². The largest absolute Gasteiger partial charge is 0.381 e. The maximum Gasteiger partial charge on any atom is 0.232 e. The molecule has 4 nitrogen and oxygen atoms in total. The average molecular weight is 189 g/mol. The highest BCUT2D eigenvalue weighted by molar-refractivity contribution is 5.15. The number of rotatable bonds is 1. The van der Waals surface area contributed by atoms with Crippen LogP contribution in [0, 0.1) is 11.3 Å². The second-order valence-electron chi connectivity index (χ2n) is 3.30. The normalized spacial score (nSPS) is 17.6. The van der Waals surface area contributed by atoms with E-state index in [-0.39, 0.29) is 5.82 Å². The third kappa shape index (κ3) is 1.88. The Morgan fingerprint density at radius 2 is 2.21 bits per heavy atom. The van der Waals surface area contributed by atoms with Crippen molar-refractivity contribution in [2.75, 3.05) is 13.2 Å². The van der Waals surface area contributed by atoms with Gasteiger partial charge in [0, 0.05) is 31.0 Å².